The lowest BCUT2D eigenvalue weighted by molar-refractivity contribution is -0.123. The van der Waals surface area contributed by atoms with E-state index in [0.29, 0.717) is 5.11 Å². The number of likely N-dealkylation sites (N-methyl/N-ethyl adjacent to an activating group) is 1. The molecular weight excluding hydrogens is 280 g/mol. The van der Waals surface area contributed by atoms with Crippen molar-refractivity contribution in [2.75, 3.05) is 7.05 Å². The van der Waals surface area contributed by atoms with Crippen LogP contribution in [0, 0.1) is 0 Å². The minimum atomic E-state index is -0.273. The highest BCUT2D eigenvalue weighted by atomic mass is 32.1. The van der Waals surface area contributed by atoms with Gasteiger partial charge in [-0.15, -0.1) is 0 Å². The van der Waals surface area contributed by atoms with E-state index in [1.165, 1.54) is 0 Å². The first-order valence-electron chi connectivity index (χ1n) is 6.86. The molecule has 106 valence electrons. The third-order valence-electron chi connectivity index (χ3n) is 3.87. The largest absolute Gasteiger partial charge is 0.344 e. The maximum absolute atomic E-state index is 12.5. The molecule has 2 aromatic rings. The highest BCUT2D eigenvalue weighted by molar-refractivity contribution is 7.80. The zero-order valence-corrected chi connectivity index (χ0v) is 12.5. The van der Waals surface area contributed by atoms with E-state index >= 15 is 0 Å². The molecule has 0 radical (unpaired) electrons. The minimum absolute atomic E-state index is 0.0434. The molecule has 1 N–H and O–H groups in total. The van der Waals surface area contributed by atoms with Crippen molar-refractivity contribution < 1.29 is 4.79 Å². The van der Waals surface area contributed by atoms with E-state index in [1.54, 1.807) is 0 Å². The average molecular weight is 296 g/mol. The van der Waals surface area contributed by atoms with Crippen molar-refractivity contribution in [3.05, 3.63) is 71.8 Å². The van der Waals surface area contributed by atoms with Gasteiger partial charge < -0.3 is 10.2 Å². The number of thiocarbonyl (C=S) groups is 1. The summed E-state index contributed by atoms with van der Waals surface area (Å²) in [6.45, 7) is 0. The number of rotatable bonds is 2. The first-order chi connectivity index (χ1) is 10.2. The molecule has 0 aliphatic carbocycles. The van der Waals surface area contributed by atoms with Crippen molar-refractivity contribution in [1.82, 2.24) is 10.2 Å². The van der Waals surface area contributed by atoms with Crippen LogP contribution in [-0.4, -0.2) is 23.0 Å². The van der Waals surface area contributed by atoms with Gasteiger partial charge in [-0.25, -0.2) is 0 Å². The molecule has 0 spiro atoms. The Bertz CT molecular complexity index is 657. The minimum Gasteiger partial charge on any atom is -0.344 e. The van der Waals surface area contributed by atoms with Crippen LogP contribution >= 0.6 is 12.2 Å². The second kappa shape index (κ2) is 5.66. The molecule has 2 aromatic carbocycles. The molecule has 1 heterocycles. The third kappa shape index (κ3) is 2.54. The Balaban J connectivity index is 2.09. The van der Waals surface area contributed by atoms with Gasteiger partial charge in [-0.1, -0.05) is 60.7 Å². The quantitative estimate of drug-likeness (QED) is 0.865. The van der Waals surface area contributed by atoms with Crippen LogP contribution in [0.3, 0.4) is 0 Å². The molecular formula is C17H16N2OS. The lowest BCUT2D eigenvalue weighted by Gasteiger charge is -2.40. The van der Waals surface area contributed by atoms with E-state index < -0.39 is 0 Å². The second-order valence-electron chi connectivity index (χ2n) is 5.15. The van der Waals surface area contributed by atoms with Crippen LogP contribution in [0.5, 0.6) is 0 Å². The summed E-state index contributed by atoms with van der Waals surface area (Å²) >= 11 is 5.28. The topological polar surface area (TPSA) is 32.3 Å². The van der Waals surface area contributed by atoms with Gasteiger partial charge in [0.25, 0.3) is 0 Å². The molecule has 1 aliphatic rings. The van der Waals surface area contributed by atoms with Crippen LogP contribution in [0.2, 0.25) is 0 Å². The molecule has 4 heteroatoms. The van der Waals surface area contributed by atoms with Gasteiger partial charge >= 0.3 is 0 Å². The summed E-state index contributed by atoms with van der Waals surface area (Å²) < 4.78 is 0. The molecule has 1 amide bonds. The van der Waals surface area contributed by atoms with Crippen molar-refractivity contribution >= 4 is 23.2 Å². The van der Waals surface area contributed by atoms with Gasteiger partial charge in [0.15, 0.2) is 5.11 Å². The number of nitrogens with one attached hydrogen (secondary N) is 1. The van der Waals surface area contributed by atoms with Gasteiger partial charge in [-0.2, -0.15) is 0 Å². The molecule has 0 unspecified atom stereocenters. The van der Waals surface area contributed by atoms with E-state index in [-0.39, 0.29) is 17.9 Å². The summed E-state index contributed by atoms with van der Waals surface area (Å²) in [5.41, 5.74) is 2.09. The molecule has 1 saturated heterocycles. The number of amides is 1. The first kappa shape index (κ1) is 13.8. The number of benzene rings is 2. The Morgan fingerprint density at radius 3 is 2.05 bits per heavy atom. The Labute approximate surface area is 129 Å². The number of hydrogen-bond acceptors (Lipinski definition) is 2. The van der Waals surface area contributed by atoms with E-state index in [1.807, 2.05) is 72.6 Å². The summed E-state index contributed by atoms with van der Waals surface area (Å²) in [4.78, 5) is 14.5. The SMILES string of the molecule is CN1C(=S)NC(=O)[C@H](c2ccccc2)[C@@H]1c1ccccc1. The van der Waals surface area contributed by atoms with Crippen LogP contribution < -0.4 is 5.32 Å². The molecule has 3 rings (SSSR count). The van der Waals surface area contributed by atoms with Gasteiger partial charge in [0, 0.05) is 7.05 Å². The van der Waals surface area contributed by atoms with Gasteiger partial charge in [0.05, 0.1) is 12.0 Å². The van der Waals surface area contributed by atoms with Crippen molar-refractivity contribution in [2.24, 2.45) is 0 Å². The van der Waals surface area contributed by atoms with Crippen molar-refractivity contribution in [2.45, 2.75) is 12.0 Å². The standard InChI is InChI=1S/C17H16N2OS/c1-19-15(13-10-6-3-7-11-13)14(16(20)18-17(19)21)12-8-4-2-5-9-12/h2-11,14-15H,1H3,(H,18,20,21)/t14-,15+/m1/s1. The van der Waals surface area contributed by atoms with Crippen LogP contribution in [-0.2, 0) is 4.79 Å². The predicted molar refractivity (Wildman–Crippen MR) is 86.9 cm³/mol. The fourth-order valence-electron chi connectivity index (χ4n) is 2.82. The number of hydrogen-bond donors (Lipinski definition) is 1. The average Bonchev–Trinajstić information content (AvgIpc) is 2.52. The fraction of sp³-hybridized carbons (Fsp3) is 0.176. The molecule has 0 bridgehead atoms. The molecule has 0 saturated carbocycles. The maximum atomic E-state index is 12.5. The molecule has 1 fully saturated rings. The van der Waals surface area contributed by atoms with Crippen molar-refractivity contribution in [3.63, 3.8) is 0 Å². The maximum Gasteiger partial charge on any atom is 0.236 e. The summed E-state index contributed by atoms with van der Waals surface area (Å²) in [6, 6.07) is 19.8. The zero-order valence-electron chi connectivity index (χ0n) is 11.7. The van der Waals surface area contributed by atoms with Crippen LogP contribution in [0.25, 0.3) is 0 Å². The molecule has 1 aliphatic heterocycles. The predicted octanol–water partition coefficient (Wildman–Crippen LogP) is 2.86. The monoisotopic (exact) mass is 296 g/mol. The van der Waals surface area contributed by atoms with Gasteiger partial charge in [0.1, 0.15) is 0 Å². The molecule has 21 heavy (non-hydrogen) atoms. The summed E-state index contributed by atoms with van der Waals surface area (Å²) in [5.74, 6) is -0.316. The highest BCUT2D eigenvalue weighted by Crippen LogP contribution is 2.37. The Kier molecular flexibility index (Phi) is 3.71. The summed E-state index contributed by atoms with van der Waals surface area (Å²) in [5, 5.41) is 3.27. The first-order valence-corrected chi connectivity index (χ1v) is 7.27. The normalized spacial score (nSPS) is 22.0. The second-order valence-corrected chi connectivity index (χ2v) is 5.54. The number of nitrogens with zero attached hydrogens (tertiary/aromatic N) is 1. The molecule has 3 nitrogen and oxygen atoms in total. The third-order valence-corrected chi connectivity index (χ3v) is 4.26. The smallest absolute Gasteiger partial charge is 0.236 e. The Hall–Kier alpha value is -2.20. The van der Waals surface area contributed by atoms with Crippen molar-refractivity contribution in [3.8, 4) is 0 Å². The molecule has 2 atom stereocenters. The van der Waals surface area contributed by atoms with Crippen molar-refractivity contribution in [1.29, 1.82) is 0 Å². The van der Waals surface area contributed by atoms with E-state index in [2.05, 4.69) is 5.32 Å². The lowest BCUT2D eigenvalue weighted by atomic mass is 9.84. The van der Waals surface area contributed by atoms with E-state index in [4.69, 9.17) is 12.2 Å². The summed E-state index contributed by atoms with van der Waals surface area (Å²) in [6.07, 6.45) is 0. The fourth-order valence-corrected chi connectivity index (χ4v) is 3.04. The Morgan fingerprint density at radius 1 is 0.952 bits per heavy atom. The number of carbonyl (C=O) groups excluding carboxylic acids is 1. The van der Waals surface area contributed by atoms with Gasteiger partial charge in [-0.3, -0.25) is 4.79 Å². The van der Waals surface area contributed by atoms with Gasteiger partial charge in [0.2, 0.25) is 5.91 Å². The highest BCUT2D eigenvalue weighted by Gasteiger charge is 2.39. The van der Waals surface area contributed by atoms with E-state index in [0.717, 1.165) is 11.1 Å². The zero-order chi connectivity index (χ0) is 14.8. The van der Waals surface area contributed by atoms with Crippen LogP contribution in [0.1, 0.15) is 23.1 Å². The lowest BCUT2D eigenvalue weighted by Crippen LogP contribution is -2.53. The van der Waals surface area contributed by atoms with Gasteiger partial charge in [-0.05, 0) is 23.3 Å². The van der Waals surface area contributed by atoms with Crippen LogP contribution in [0.15, 0.2) is 60.7 Å². The summed E-state index contributed by atoms with van der Waals surface area (Å²) in [7, 11) is 1.93. The molecule has 0 aromatic heterocycles. The Morgan fingerprint density at radius 2 is 1.48 bits per heavy atom. The number of carbonyl (C=O) groups is 1. The van der Waals surface area contributed by atoms with Crippen LogP contribution in [0.4, 0.5) is 0 Å². The van der Waals surface area contributed by atoms with E-state index in [9.17, 15) is 4.79 Å².